The first kappa shape index (κ1) is 16.2. The van der Waals surface area contributed by atoms with Crippen LogP contribution in [0.5, 0.6) is 0 Å². The monoisotopic (exact) mass is 310 g/mol. The lowest BCUT2D eigenvalue weighted by molar-refractivity contribution is 0.149. The number of piperidine rings is 1. The molecule has 1 heterocycles. The van der Waals surface area contributed by atoms with Gasteiger partial charge in [0.25, 0.3) is 0 Å². The van der Waals surface area contributed by atoms with Crippen molar-refractivity contribution in [2.45, 2.75) is 31.5 Å². The van der Waals surface area contributed by atoms with Gasteiger partial charge in [0, 0.05) is 19.1 Å². The molecule has 0 saturated carbocycles. The van der Waals surface area contributed by atoms with Crippen LogP contribution in [0, 0.1) is 0 Å². The second-order valence-corrected chi connectivity index (χ2v) is 6.37. The van der Waals surface area contributed by atoms with Gasteiger partial charge in [-0.25, -0.2) is 0 Å². The standard InChI is InChI=1S/C20H26N2O/c23-20(18-9-5-2-6-10-18)15-21-19-11-13-22(14-12-19)16-17-7-3-1-4-8-17/h1-10,19-21,23H,11-16H2/t20-/m1/s1. The lowest BCUT2D eigenvalue weighted by atomic mass is 10.0. The maximum atomic E-state index is 10.2. The minimum absolute atomic E-state index is 0.418. The number of benzene rings is 2. The van der Waals surface area contributed by atoms with E-state index in [2.05, 4.69) is 40.5 Å². The minimum Gasteiger partial charge on any atom is -0.387 e. The van der Waals surface area contributed by atoms with E-state index in [0.717, 1.165) is 38.0 Å². The Labute approximate surface area is 139 Å². The molecule has 0 spiro atoms. The van der Waals surface area contributed by atoms with Crippen LogP contribution in [0.3, 0.4) is 0 Å². The van der Waals surface area contributed by atoms with Gasteiger partial charge in [0.05, 0.1) is 6.10 Å². The summed E-state index contributed by atoms with van der Waals surface area (Å²) in [6.45, 7) is 3.91. The van der Waals surface area contributed by atoms with Gasteiger partial charge >= 0.3 is 0 Å². The third-order valence-electron chi connectivity index (χ3n) is 4.62. The molecule has 1 fully saturated rings. The fourth-order valence-electron chi connectivity index (χ4n) is 3.21. The molecule has 3 nitrogen and oxygen atoms in total. The molecule has 2 N–H and O–H groups in total. The van der Waals surface area contributed by atoms with E-state index < -0.39 is 6.10 Å². The Kier molecular flexibility index (Phi) is 5.81. The highest BCUT2D eigenvalue weighted by atomic mass is 16.3. The van der Waals surface area contributed by atoms with E-state index in [1.807, 2.05) is 30.3 Å². The fraction of sp³-hybridized carbons (Fsp3) is 0.400. The fourth-order valence-corrected chi connectivity index (χ4v) is 3.21. The van der Waals surface area contributed by atoms with Gasteiger partial charge in [0.2, 0.25) is 0 Å². The van der Waals surface area contributed by atoms with Crippen LogP contribution in [-0.4, -0.2) is 35.7 Å². The van der Waals surface area contributed by atoms with E-state index in [9.17, 15) is 5.11 Å². The molecule has 3 rings (SSSR count). The summed E-state index contributed by atoms with van der Waals surface area (Å²) in [7, 11) is 0. The van der Waals surface area contributed by atoms with Crippen LogP contribution < -0.4 is 5.32 Å². The number of aliphatic hydroxyl groups is 1. The molecule has 0 aromatic heterocycles. The van der Waals surface area contributed by atoms with Gasteiger partial charge in [-0.1, -0.05) is 60.7 Å². The smallest absolute Gasteiger partial charge is 0.0914 e. The van der Waals surface area contributed by atoms with Crippen molar-refractivity contribution >= 4 is 0 Å². The zero-order valence-electron chi connectivity index (χ0n) is 13.6. The summed E-state index contributed by atoms with van der Waals surface area (Å²) < 4.78 is 0. The molecular formula is C20H26N2O. The Morgan fingerprint density at radius 3 is 2.22 bits per heavy atom. The van der Waals surface area contributed by atoms with Crippen LogP contribution in [0.4, 0.5) is 0 Å². The van der Waals surface area contributed by atoms with Crippen LogP contribution >= 0.6 is 0 Å². The van der Waals surface area contributed by atoms with Crippen molar-refractivity contribution in [3.8, 4) is 0 Å². The van der Waals surface area contributed by atoms with Crippen molar-refractivity contribution < 1.29 is 5.11 Å². The molecule has 0 radical (unpaired) electrons. The molecule has 1 aliphatic heterocycles. The Balaban J connectivity index is 1.39. The molecule has 0 unspecified atom stereocenters. The first-order chi connectivity index (χ1) is 11.3. The summed E-state index contributed by atoms with van der Waals surface area (Å²) in [5.41, 5.74) is 2.37. The second-order valence-electron chi connectivity index (χ2n) is 6.37. The van der Waals surface area contributed by atoms with Gasteiger partial charge in [0.1, 0.15) is 0 Å². The van der Waals surface area contributed by atoms with Crippen LogP contribution in [-0.2, 0) is 6.54 Å². The van der Waals surface area contributed by atoms with Gasteiger partial charge in [-0.15, -0.1) is 0 Å². The van der Waals surface area contributed by atoms with E-state index in [4.69, 9.17) is 0 Å². The summed E-state index contributed by atoms with van der Waals surface area (Å²) in [6, 6.07) is 21.1. The number of likely N-dealkylation sites (tertiary alicyclic amines) is 1. The molecular weight excluding hydrogens is 284 g/mol. The Morgan fingerprint density at radius 1 is 0.957 bits per heavy atom. The summed E-state index contributed by atoms with van der Waals surface area (Å²) in [5.74, 6) is 0. The molecule has 2 aromatic rings. The molecule has 3 heteroatoms. The van der Waals surface area contributed by atoms with Gasteiger partial charge < -0.3 is 10.4 Å². The van der Waals surface area contributed by atoms with Gasteiger partial charge in [0.15, 0.2) is 0 Å². The summed E-state index contributed by atoms with van der Waals surface area (Å²) in [5, 5.41) is 13.8. The zero-order valence-corrected chi connectivity index (χ0v) is 13.6. The first-order valence-electron chi connectivity index (χ1n) is 8.54. The average molecular weight is 310 g/mol. The van der Waals surface area contributed by atoms with Crippen LogP contribution in [0.25, 0.3) is 0 Å². The highest BCUT2D eigenvalue weighted by Gasteiger charge is 2.19. The summed E-state index contributed by atoms with van der Waals surface area (Å²) in [4.78, 5) is 2.52. The van der Waals surface area contributed by atoms with Crippen molar-refractivity contribution in [2.24, 2.45) is 0 Å². The van der Waals surface area contributed by atoms with E-state index in [0.29, 0.717) is 12.6 Å². The number of hydrogen-bond acceptors (Lipinski definition) is 3. The largest absolute Gasteiger partial charge is 0.387 e. The predicted molar refractivity (Wildman–Crippen MR) is 94.1 cm³/mol. The average Bonchev–Trinajstić information content (AvgIpc) is 2.62. The predicted octanol–water partition coefficient (Wildman–Crippen LogP) is 2.97. The molecule has 1 aliphatic rings. The molecule has 0 aliphatic carbocycles. The third-order valence-corrected chi connectivity index (χ3v) is 4.62. The van der Waals surface area contributed by atoms with Crippen LogP contribution in [0.2, 0.25) is 0 Å². The number of aliphatic hydroxyl groups excluding tert-OH is 1. The minimum atomic E-state index is -0.418. The van der Waals surface area contributed by atoms with Crippen molar-refractivity contribution in [3.05, 3.63) is 71.8 Å². The molecule has 0 bridgehead atoms. The normalized spacial score (nSPS) is 18.0. The topological polar surface area (TPSA) is 35.5 Å². The molecule has 1 atom stereocenters. The maximum Gasteiger partial charge on any atom is 0.0914 e. The van der Waals surface area contributed by atoms with Gasteiger partial charge in [-0.05, 0) is 37.1 Å². The number of nitrogens with one attached hydrogen (secondary N) is 1. The lowest BCUT2D eigenvalue weighted by Crippen LogP contribution is -2.43. The lowest BCUT2D eigenvalue weighted by Gasteiger charge is -2.33. The molecule has 1 saturated heterocycles. The first-order valence-corrected chi connectivity index (χ1v) is 8.54. The molecule has 122 valence electrons. The quantitative estimate of drug-likeness (QED) is 0.861. The molecule has 23 heavy (non-hydrogen) atoms. The highest BCUT2D eigenvalue weighted by molar-refractivity contribution is 5.17. The van der Waals surface area contributed by atoms with Crippen LogP contribution in [0.1, 0.15) is 30.1 Å². The van der Waals surface area contributed by atoms with E-state index in [-0.39, 0.29) is 0 Å². The van der Waals surface area contributed by atoms with Crippen LogP contribution in [0.15, 0.2) is 60.7 Å². The second kappa shape index (κ2) is 8.25. The van der Waals surface area contributed by atoms with E-state index >= 15 is 0 Å². The van der Waals surface area contributed by atoms with Gasteiger partial charge in [-0.3, -0.25) is 4.90 Å². The maximum absolute atomic E-state index is 10.2. The molecule has 2 aromatic carbocycles. The number of rotatable bonds is 6. The SMILES string of the molecule is O[C@H](CNC1CCN(Cc2ccccc2)CC1)c1ccccc1. The van der Waals surface area contributed by atoms with Crippen molar-refractivity contribution in [1.82, 2.24) is 10.2 Å². The number of nitrogens with zero attached hydrogens (tertiary/aromatic N) is 1. The Hall–Kier alpha value is -1.68. The van der Waals surface area contributed by atoms with Crippen molar-refractivity contribution in [1.29, 1.82) is 0 Å². The highest BCUT2D eigenvalue weighted by Crippen LogP contribution is 2.16. The number of hydrogen-bond donors (Lipinski definition) is 2. The zero-order chi connectivity index (χ0) is 15.9. The Bertz CT molecular complexity index is 565. The van der Waals surface area contributed by atoms with Crippen molar-refractivity contribution in [2.75, 3.05) is 19.6 Å². The third kappa shape index (κ3) is 4.90. The van der Waals surface area contributed by atoms with Gasteiger partial charge in [-0.2, -0.15) is 0 Å². The molecule has 0 amide bonds. The van der Waals surface area contributed by atoms with E-state index in [1.165, 1.54) is 5.56 Å². The summed E-state index contributed by atoms with van der Waals surface area (Å²) >= 11 is 0. The van der Waals surface area contributed by atoms with Crippen molar-refractivity contribution in [3.63, 3.8) is 0 Å². The van der Waals surface area contributed by atoms with E-state index in [1.54, 1.807) is 0 Å². The Morgan fingerprint density at radius 2 is 1.57 bits per heavy atom. The summed E-state index contributed by atoms with van der Waals surface area (Å²) in [6.07, 6.45) is 1.88.